The topological polar surface area (TPSA) is 62.3 Å². The Balaban J connectivity index is 2.89. The van der Waals surface area contributed by atoms with E-state index in [-0.39, 0.29) is 23.5 Å². The molecule has 0 amide bonds. The molecule has 1 rings (SSSR count). The van der Waals surface area contributed by atoms with Gasteiger partial charge in [-0.15, -0.1) is 0 Å². The second kappa shape index (κ2) is 3.92. The van der Waals surface area contributed by atoms with Crippen LogP contribution in [-0.4, -0.2) is 16.7 Å². The van der Waals surface area contributed by atoms with E-state index in [1.807, 2.05) is 6.92 Å². The number of H-pyrrole nitrogens is 1. The molecule has 0 bridgehead atoms. The summed E-state index contributed by atoms with van der Waals surface area (Å²) >= 11 is 0. The maximum absolute atomic E-state index is 11.1. The number of rotatable bonds is 3. The zero-order chi connectivity index (χ0) is 8.97. The first-order valence-corrected chi connectivity index (χ1v) is 3.73. The fourth-order valence-electron chi connectivity index (χ4n) is 0.844. The quantitative estimate of drug-likeness (QED) is 0.697. The molecule has 0 spiro atoms. The van der Waals surface area contributed by atoms with Gasteiger partial charge in [-0.3, -0.25) is 4.79 Å². The average Bonchev–Trinajstić information content (AvgIpc) is 2.04. The Morgan fingerprint density at radius 3 is 3.00 bits per heavy atom. The minimum absolute atomic E-state index is 0.0211. The van der Waals surface area contributed by atoms with Crippen molar-refractivity contribution in [1.29, 1.82) is 0 Å². The Morgan fingerprint density at radius 2 is 2.42 bits per heavy atom. The van der Waals surface area contributed by atoms with Crippen LogP contribution >= 0.6 is 0 Å². The van der Waals surface area contributed by atoms with E-state index in [0.717, 1.165) is 0 Å². The molecule has 0 aromatic carbocycles. The number of hydrogen-bond acceptors (Lipinski definition) is 3. The molecular weight excluding hydrogens is 158 g/mol. The van der Waals surface area contributed by atoms with Crippen LogP contribution in [0.1, 0.15) is 12.5 Å². The highest BCUT2D eigenvalue weighted by Gasteiger charge is 2.04. The molecule has 1 aromatic heterocycles. The zero-order valence-electron chi connectivity index (χ0n) is 6.83. The van der Waals surface area contributed by atoms with E-state index in [1.165, 1.54) is 12.3 Å². The molecule has 12 heavy (non-hydrogen) atoms. The summed E-state index contributed by atoms with van der Waals surface area (Å²) in [5.41, 5.74) is -0.0252. The number of ether oxygens (including phenoxy) is 1. The smallest absolute Gasteiger partial charge is 0.257 e. The number of nitrogens with one attached hydrogen (secondary N) is 1. The normalized spacial score (nSPS) is 10.1. The fourth-order valence-corrected chi connectivity index (χ4v) is 0.844. The van der Waals surface area contributed by atoms with Crippen LogP contribution in [0.3, 0.4) is 0 Å². The van der Waals surface area contributed by atoms with Crippen LogP contribution in [0, 0.1) is 0 Å². The summed E-state index contributed by atoms with van der Waals surface area (Å²) in [6.45, 7) is 2.50. The second-order valence-corrected chi connectivity index (χ2v) is 2.31. The van der Waals surface area contributed by atoms with E-state index in [1.54, 1.807) is 0 Å². The first-order chi connectivity index (χ1) is 5.75. The van der Waals surface area contributed by atoms with Crippen molar-refractivity contribution in [2.45, 2.75) is 13.5 Å². The molecule has 0 unspecified atom stereocenters. The summed E-state index contributed by atoms with van der Waals surface area (Å²) in [6, 6.07) is 1.43. The van der Waals surface area contributed by atoms with Crippen LogP contribution in [-0.2, 0) is 11.3 Å². The number of aromatic hydroxyl groups is 1. The predicted octanol–water partition coefficient (Wildman–Crippen LogP) is 0.617. The lowest BCUT2D eigenvalue weighted by molar-refractivity contribution is 0.131. The molecule has 1 aromatic rings. The van der Waals surface area contributed by atoms with Crippen LogP contribution < -0.4 is 5.56 Å². The van der Waals surface area contributed by atoms with Crippen molar-refractivity contribution in [2.24, 2.45) is 0 Å². The first kappa shape index (κ1) is 8.80. The lowest BCUT2D eigenvalue weighted by Crippen LogP contribution is -2.12. The minimum atomic E-state index is -0.302. The van der Waals surface area contributed by atoms with Gasteiger partial charge in [0, 0.05) is 12.8 Å². The zero-order valence-corrected chi connectivity index (χ0v) is 6.83. The molecule has 0 aliphatic rings. The van der Waals surface area contributed by atoms with Crippen molar-refractivity contribution in [3.8, 4) is 5.75 Å². The Bertz CT molecular complexity index is 305. The molecule has 66 valence electrons. The number of aromatic amines is 1. The molecule has 4 heteroatoms. The first-order valence-electron chi connectivity index (χ1n) is 3.73. The summed E-state index contributed by atoms with van der Waals surface area (Å²) in [5.74, 6) is -0.0211. The molecule has 2 N–H and O–H groups in total. The lowest BCUT2D eigenvalue weighted by Gasteiger charge is -2.01. The Morgan fingerprint density at radius 1 is 1.67 bits per heavy atom. The molecule has 4 nitrogen and oxygen atoms in total. The Kier molecular flexibility index (Phi) is 2.88. The van der Waals surface area contributed by atoms with Crippen LogP contribution in [0.25, 0.3) is 0 Å². The van der Waals surface area contributed by atoms with Crippen LogP contribution in [0.5, 0.6) is 5.75 Å². The van der Waals surface area contributed by atoms with Gasteiger partial charge in [0.2, 0.25) is 0 Å². The summed E-state index contributed by atoms with van der Waals surface area (Å²) in [4.78, 5) is 13.5. The molecule has 0 aliphatic heterocycles. The van der Waals surface area contributed by atoms with Crippen molar-refractivity contribution >= 4 is 0 Å². The SMILES string of the molecule is CCOCc1c(O)cc[nH]c1=O. The number of aromatic nitrogens is 1. The fraction of sp³-hybridized carbons (Fsp3) is 0.375. The predicted molar refractivity (Wildman–Crippen MR) is 44.1 cm³/mol. The van der Waals surface area contributed by atoms with Crippen molar-refractivity contribution in [2.75, 3.05) is 6.61 Å². The molecule has 0 saturated carbocycles. The molecule has 1 heterocycles. The van der Waals surface area contributed by atoms with E-state index in [9.17, 15) is 9.90 Å². The van der Waals surface area contributed by atoms with Crippen LogP contribution in [0.15, 0.2) is 17.1 Å². The van der Waals surface area contributed by atoms with Gasteiger partial charge in [-0.2, -0.15) is 0 Å². The molecule has 0 atom stereocenters. The van der Waals surface area contributed by atoms with E-state index >= 15 is 0 Å². The summed E-state index contributed by atoms with van der Waals surface area (Å²) in [7, 11) is 0. The van der Waals surface area contributed by atoms with Gasteiger partial charge in [-0.05, 0) is 13.0 Å². The average molecular weight is 169 g/mol. The largest absolute Gasteiger partial charge is 0.507 e. The summed E-state index contributed by atoms with van der Waals surface area (Å²) < 4.78 is 5.00. The maximum Gasteiger partial charge on any atom is 0.257 e. The molecule has 0 fully saturated rings. The maximum atomic E-state index is 11.1. The molecule has 0 aliphatic carbocycles. The van der Waals surface area contributed by atoms with Crippen molar-refractivity contribution in [1.82, 2.24) is 4.98 Å². The van der Waals surface area contributed by atoms with Crippen molar-refractivity contribution < 1.29 is 9.84 Å². The standard InChI is InChI=1S/C8H11NO3/c1-2-12-5-6-7(10)3-4-9-8(6)11/h3-4H,2,5H2,1H3,(H2,9,10,11). The van der Waals surface area contributed by atoms with E-state index in [0.29, 0.717) is 6.61 Å². The number of hydrogen-bond donors (Lipinski definition) is 2. The molecule has 0 radical (unpaired) electrons. The van der Waals surface area contributed by atoms with Gasteiger partial charge in [-0.1, -0.05) is 0 Å². The summed E-state index contributed by atoms with van der Waals surface area (Å²) in [5, 5.41) is 9.22. The third-order valence-corrected chi connectivity index (χ3v) is 1.49. The van der Waals surface area contributed by atoms with Gasteiger partial charge < -0.3 is 14.8 Å². The van der Waals surface area contributed by atoms with Gasteiger partial charge >= 0.3 is 0 Å². The Labute approximate surface area is 69.8 Å². The van der Waals surface area contributed by atoms with Gasteiger partial charge in [-0.25, -0.2) is 0 Å². The van der Waals surface area contributed by atoms with Gasteiger partial charge in [0.05, 0.1) is 12.2 Å². The molecular formula is C8H11NO3. The van der Waals surface area contributed by atoms with Gasteiger partial charge in [0.25, 0.3) is 5.56 Å². The molecule has 0 saturated heterocycles. The Hall–Kier alpha value is -1.29. The lowest BCUT2D eigenvalue weighted by atomic mass is 10.3. The van der Waals surface area contributed by atoms with Crippen molar-refractivity contribution in [3.63, 3.8) is 0 Å². The second-order valence-electron chi connectivity index (χ2n) is 2.31. The number of pyridine rings is 1. The third kappa shape index (κ3) is 1.85. The highest BCUT2D eigenvalue weighted by atomic mass is 16.5. The van der Waals surface area contributed by atoms with E-state index < -0.39 is 0 Å². The minimum Gasteiger partial charge on any atom is -0.507 e. The highest BCUT2D eigenvalue weighted by molar-refractivity contribution is 5.27. The van der Waals surface area contributed by atoms with Gasteiger partial charge in [0.1, 0.15) is 5.75 Å². The highest BCUT2D eigenvalue weighted by Crippen LogP contribution is 2.10. The third-order valence-electron chi connectivity index (χ3n) is 1.49. The van der Waals surface area contributed by atoms with Crippen LogP contribution in [0.2, 0.25) is 0 Å². The monoisotopic (exact) mass is 169 g/mol. The summed E-state index contributed by atoms with van der Waals surface area (Å²) in [6.07, 6.45) is 1.40. The van der Waals surface area contributed by atoms with Crippen LogP contribution in [0.4, 0.5) is 0 Å². The van der Waals surface area contributed by atoms with Crippen molar-refractivity contribution in [3.05, 3.63) is 28.2 Å². The van der Waals surface area contributed by atoms with E-state index in [2.05, 4.69) is 4.98 Å². The van der Waals surface area contributed by atoms with Gasteiger partial charge in [0.15, 0.2) is 0 Å². The van der Waals surface area contributed by atoms with E-state index in [4.69, 9.17) is 4.74 Å².